The minimum Gasteiger partial charge on any atom is -0.398 e. The first kappa shape index (κ1) is 14.8. The van der Waals surface area contributed by atoms with Crippen LogP contribution in [-0.4, -0.2) is 13.0 Å². The van der Waals surface area contributed by atoms with Crippen LogP contribution >= 0.6 is 0 Å². The molecule has 4 nitrogen and oxygen atoms in total. The Morgan fingerprint density at radius 3 is 2.57 bits per heavy atom. The van der Waals surface area contributed by atoms with Gasteiger partial charge >= 0.3 is 0 Å². The zero-order valence-electron chi connectivity index (χ0n) is 12.1. The van der Waals surface area contributed by atoms with Crippen LogP contribution < -0.4 is 16.4 Å². The van der Waals surface area contributed by atoms with E-state index in [0.29, 0.717) is 12.2 Å². The minimum absolute atomic E-state index is 0.0491. The fourth-order valence-corrected chi connectivity index (χ4v) is 2.21. The maximum atomic E-state index is 14.1. The largest absolute Gasteiger partial charge is 0.398 e. The average molecular weight is 287 g/mol. The molecular formula is C16H18FN3O. The van der Waals surface area contributed by atoms with Crippen molar-refractivity contribution in [3.63, 3.8) is 0 Å². The summed E-state index contributed by atoms with van der Waals surface area (Å²) in [4.78, 5) is 13.0. The summed E-state index contributed by atoms with van der Waals surface area (Å²) in [7, 11) is 1.76. The van der Waals surface area contributed by atoms with Crippen LogP contribution in [0.15, 0.2) is 36.4 Å². The zero-order chi connectivity index (χ0) is 15.6. The topological polar surface area (TPSA) is 72.3 Å². The molecule has 0 saturated carbocycles. The second kappa shape index (κ2) is 5.83. The Morgan fingerprint density at radius 1 is 1.29 bits per heavy atom. The summed E-state index contributed by atoms with van der Waals surface area (Å²) in [5.41, 5.74) is 13.5. The summed E-state index contributed by atoms with van der Waals surface area (Å²) in [6.07, 6.45) is 0. The Kier molecular flexibility index (Phi) is 4.12. The number of benzene rings is 2. The summed E-state index contributed by atoms with van der Waals surface area (Å²) in [6.45, 7) is 2.52. The molecule has 0 unspecified atom stereocenters. The fourth-order valence-electron chi connectivity index (χ4n) is 2.21. The van der Waals surface area contributed by atoms with E-state index in [2.05, 4.69) is 0 Å². The number of hydrogen-bond donors (Lipinski definition) is 2. The number of aryl methyl sites for hydroxylation is 1. The number of nitrogen functional groups attached to an aromatic ring is 1. The Morgan fingerprint density at radius 2 is 1.95 bits per heavy atom. The number of primary amides is 1. The highest BCUT2D eigenvalue weighted by molar-refractivity contribution is 5.99. The molecule has 2 rings (SSSR count). The third-order valence-electron chi connectivity index (χ3n) is 3.46. The highest BCUT2D eigenvalue weighted by atomic mass is 19.1. The molecular weight excluding hydrogens is 269 g/mol. The Balaban J connectivity index is 2.35. The van der Waals surface area contributed by atoms with Crippen LogP contribution in [0.25, 0.3) is 0 Å². The van der Waals surface area contributed by atoms with E-state index in [1.54, 1.807) is 11.9 Å². The van der Waals surface area contributed by atoms with Crippen molar-refractivity contribution in [3.05, 3.63) is 58.9 Å². The first-order chi connectivity index (χ1) is 9.90. The van der Waals surface area contributed by atoms with Gasteiger partial charge in [0.15, 0.2) is 0 Å². The van der Waals surface area contributed by atoms with E-state index in [1.807, 2.05) is 31.2 Å². The molecule has 5 heteroatoms. The standard InChI is InChI=1S/C16H18FN3O/c1-10-5-3-4-6-11(10)9-20(2)15-7-12(16(19)21)14(18)8-13(15)17/h3-8H,9,18H2,1-2H3,(H2,19,21). The van der Waals surface area contributed by atoms with Gasteiger partial charge in [0.1, 0.15) is 5.82 Å². The van der Waals surface area contributed by atoms with E-state index in [0.717, 1.165) is 17.2 Å². The monoisotopic (exact) mass is 287 g/mol. The number of carbonyl (C=O) groups is 1. The maximum absolute atomic E-state index is 14.1. The van der Waals surface area contributed by atoms with E-state index in [1.165, 1.54) is 6.07 Å². The third-order valence-corrected chi connectivity index (χ3v) is 3.46. The van der Waals surface area contributed by atoms with Gasteiger partial charge in [0.25, 0.3) is 5.91 Å². The number of nitrogens with two attached hydrogens (primary N) is 2. The van der Waals surface area contributed by atoms with Gasteiger partial charge in [-0.1, -0.05) is 24.3 Å². The number of nitrogens with zero attached hydrogens (tertiary/aromatic N) is 1. The zero-order valence-corrected chi connectivity index (χ0v) is 12.1. The second-order valence-corrected chi connectivity index (χ2v) is 5.04. The van der Waals surface area contributed by atoms with Crippen LogP contribution in [0.2, 0.25) is 0 Å². The molecule has 0 heterocycles. The molecule has 0 radical (unpaired) electrons. The minimum atomic E-state index is -0.668. The third kappa shape index (κ3) is 3.13. The number of rotatable bonds is 4. The SMILES string of the molecule is Cc1ccccc1CN(C)c1cc(C(N)=O)c(N)cc1F. The lowest BCUT2D eigenvalue weighted by molar-refractivity contribution is 0.100. The van der Waals surface area contributed by atoms with Crippen LogP contribution in [0, 0.1) is 12.7 Å². The van der Waals surface area contributed by atoms with Gasteiger partial charge in [-0.25, -0.2) is 4.39 Å². The van der Waals surface area contributed by atoms with Crippen LogP contribution in [0.4, 0.5) is 15.8 Å². The predicted molar refractivity (Wildman–Crippen MR) is 82.6 cm³/mol. The molecule has 1 amide bonds. The van der Waals surface area contributed by atoms with Crippen molar-refractivity contribution in [2.24, 2.45) is 5.73 Å². The molecule has 0 fully saturated rings. The van der Waals surface area contributed by atoms with Crippen LogP contribution in [0.3, 0.4) is 0 Å². The number of halogens is 1. The van der Waals surface area contributed by atoms with Crippen molar-refractivity contribution in [1.82, 2.24) is 0 Å². The molecule has 0 aliphatic rings. The first-order valence-corrected chi connectivity index (χ1v) is 6.54. The lowest BCUT2D eigenvalue weighted by Gasteiger charge is -2.22. The van der Waals surface area contributed by atoms with Crippen molar-refractivity contribution < 1.29 is 9.18 Å². The molecule has 0 aromatic heterocycles. The summed E-state index contributed by atoms with van der Waals surface area (Å²) in [5.74, 6) is -1.15. The maximum Gasteiger partial charge on any atom is 0.250 e. The van der Waals surface area contributed by atoms with Crippen molar-refractivity contribution in [3.8, 4) is 0 Å². The van der Waals surface area contributed by atoms with Gasteiger partial charge in [-0.05, 0) is 30.2 Å². The quantitative estimate of drug-likeness (QED) is 0.848. The van der Waals surface area contributed by atoms with Crippen molar-refractivity contribution >= 4 is 17.3 Å². The van der Waals surface area contributed by atoms with Gasteiger partial charge < -0.3 is 16.4 Å². The van der Waals surface area contributed by atoms with Crippen molar-refractivity contribution in [2.45, 2.75) is 13.5 Å². The number of amides is 1. The molecule has 0 aliphatic carbocycles. The first-order valence-electron chi connectivity index (χ1n) is 6.54. The highest BCUT2D eigenvalue weighted by Gasteiger charge is 2.15. The smallest absolute Gasteiger partial charge is 0.250 e. The highest BCUT2D eigenvalue weighted by Crippen LogP contribution is 2.26. The summed E-state index contributed by atoms with van der Waals surface area (Å²) < 4.78 is 14.1. The fraction of sp³-hybridized carbons (Fsp3) is 0.188. The lowest BCUT2D eigenvalue weighted by atomic mass is 10.1. The molecule has 0 aliphatic heterocycles. The molecule has 4 N–H and O–H groups in total. The Bertz CT molecular complexity index is 685. The Labute approximate surface area is 123 Å². The summed E-state index contributed by atoms with van der Waals surface area (Å²) in [6, 6.07) is 10.4. The van der Waals surface area contributed by atoms with E-state index < -0.39 is 11.7 Å². The number of hydrogen-bond acceptors (Lipinski definition) is 3. The molecule has 2 aromatic carbocycles. The van der Waals surface area contributed by atoms with Crippen LogP contribution in [-0.2, 0) is 6.54 Å². The Hall–Kier alpha value is -2.56. The number of carbonyl (C=O) groups excluding carboxylic acids is 1. The van der Waals surface area contributed by atoms with Gasteiger partial charge in [0.2, 0.25) is 0 Å². The van der Waals surface area contributed by atoms with E-state index in [9.17, 15) is 9.18 Å². The molecule has 0 saturated heterocycles. The van der Waals surface area contributed by atoms with Gasteiger partial charge in [-0.2, -0.15) is 0 Å². The second-order valence-electron chi connectivity index (χ2n) is 5.04. The average Bonchev–Trinajstić information content (AvgIpc) is 2.40. The van der Waals surface area contributed by atoms with Gasteiger partial charge in [-0.3, -0.25) is 4.79 Å². The van der Waals surface area contributed by atoms with Crippen LogP contribution in [0.1, 0.15) is 21.5 Å². The van der Waals surface area contributed by atoms with E-state index >= 15 is 0 Å². The normalized spacial score (nSPS) is 10.4. The molecule has 0 bridgehead atoms. The van der Waals surface area contributed by atoms with Crippen molar-refractivity contribution in [2.75, 3.05) is 17.7 Å². The lowest BCUT2D eigenvalue weighted by Crippen LogP contribution is -2.21. The van der Waals surface area contributed by atoms with Crippen LogP contribution in [0.5, 0.6) is 0 Å². The van der Waals surface area contributed by atoms with Crippen molar-refractivity contribution in [1.29, 1.82) is 0 Å². The summed E-state index contributed by atoms with van der Waals surface area (Å²) >= 11 is 0. The van der Waals surface area contributed by atoms with Gasteiger partial charge in [0, 0.05) is 19.3 Å². The van der Waals surface area contributed by atoms with Gasteiger partial charge in [-0.15, -0.1) is 0 Å². The molecule has 2 aromatic rings. The molecule has 110 valence electrons. The van der Waals surface area contributed by atoms with E-state index in [4.69, 9.17) is 11.5 Å². The summed E-state index contributed by atoms with van der Waals surface area (Å²) in [5, 5.41) is 0. The van der Waals surface area contributed by atoms with E-state index in [-0.39, 0.29) is 11.3 Å². The molecule has 0 atom stereocenters. The van der Waals surface area contributed by atoms with Gasteiger partial charge in [0.05, 0.1) is 11.3 Å². The molecule has 0 spiro atoms. The molecule has 21 heavy (non-hydrogen) atoms. The number of anilines is 2. The predicted octanol–water partition coefficient (Wildman–Crippen LogP) is 2.45.